The summed E-state index contributed by atoms with van der Waals surface area (Å²) in [6.45, 7) is 8.20. The lowest BCUT2D eigenvalue weighted by Crippen LogP contribution is -2.55. The zero-order valence-corrected chi connectivity index (χ0v) is 12.0. The molecule has 5 nitrogen and oxygen atoms in total. The van der Waals surface area contributed by atoms with Crippen LogP contribution >= 0.6 is 0 Å². The molecule has 2 fully saturated rings. The van der Waals surface area contributed by atoms with Gasteiger partial charge in [-0.3, -0.25) is 9.69 Å². The molecule has 0 aromatic heterocycles. The maximum absolute atomic E-state index is 11.1. The van der Waals surface area contributed by atoms with Crippen LogP contribution in [0.2, 0.25) is 0 Å². The number of piperidine rings is 1. The molecule has 0 aromatic rings. The minimum absolute atomic E-state index is 0.394. The topological polar surface area (TPSA) is 55.8 Å². The van der Waals surface area contributed by atoms with E-state index in [0.29, 0.717) is 19.0 Å². The van der Waals surface area contributed by atoms with Crippen LogP contribution in [0.5, 0.6) is 0 Å². The number of piperazine rings is 1. The molecule has 0 saturated carbocycles. The van der Waals surface area contributed by atoms with E-state index in [9.17, 15) is 4.79 Å². The predicted molar refractivity (Wildman–Crippen MR) is 75.4 cm³/mol. The van der Waals surface area contributed by atoms with E-state index in [1.165, 1.54) is 25.8 Å². The Morgan fingerprint density at radius 1 is 1.37 bits per heavy atom. The summed E-state index contributed by atoms with van der Waals surface area (Å²) < 4.78 is 0. The molecule has 2 N–H and O–H groups in total. The van der Waals surface area contributed by atoms with Crippen LogP contribution in [-0.2, 0) is 4.79 Å². The van der Waals surface area contributed by atoms with Gasteiger partial charge in [-0.2, -0.15) is 0 Å². The first-order valence-electron chi connectivity index (χ1n) is 7.63. The van der Waals surface area contributed by atoms with E-state index in [1.54, 1.807) is 0 Å². The predicted octanol–water partition coefficient (Wildman–Crippen LogP) is 0.609. The molecule has 0 spiro atoms. The highest BCUT2D eigenvalue weighted by Gasteiger charge is 2.29. The number of nitrogens with one attached hydrogen (secondary N) is 1. The Labute approximate surface area is 115 Å². The molecule has 2 unspecified atom stereocenters. The van der Waals surface area contributed by atoms with Crippen LogP contribution in [0.15, 0.2) is 0 Å². The van der Waals surface area contributed by atoms with Crippen molar-refractivity contribution in [2.75, 3.05) is 39.3 Å². The molecular formula is C14H27N3O2. The molecule has 0 bridgehead atoms. The van der Waals surface area contributed by atoms with Crippen LogP contribution in [0.4, 0.5) is 0 Å². The van der Waals surface area contributed by atoms with Crippen molar-refractivity contribution < 1.29 is 9.90 Å². The molecule has 110 valence electrons. The molecule has 2 heterocycles. The van der Waals surface area contributed by atoms with E-state index in [0.717, 1.165) is 26.2 Å². The number of carboxylic acid groups (broad SMARTS) is 1. The Kier molecular flexibility index (Phi) is 5.60. The van der Waals surface area contributed by atoms with Gasteiger partial charge in [-0.25, -0.2) is 0 Å². The number of nitrogens with zero attached hydrogens (tertiary/aromatic N) is 2. The van der Waals surface area contributed by atoms with E-state index < -0.39 is 12.0 Å². The summed E-state index contributed by atoms with van der Waals surface area (Å²) in [6, 6.07) is 0.319. The summed E-state index contributed by atoms with van der Waals surface area (Å²) in [4.78, 5) is 16.2. The SMILES string of the molecule is CCNC(CCN1CCN2CCCCC2C1)C(=O)O. The summed E-state index contributed by atoms with van der Waals surface area (Å²) in [7, 11) is 0. The van der Waals surface area contributed by atoms with Crippen molar-refractivity contribution in [3.05, 3.63) is 0 Å². The second-order valence-corrected chi connectivity index (χ2v) is 5.72. The molecule has 0 radical (unpaired) electrons. The lowest BCUT2D eigenvalue weighted by atomic mass is 9.99. The van der Waals surface area contributed by atoms with Crippen molar-refractivity contribution in [1.82, 2.24) is 15.1 Å². The molecule has 2 atom stereocenters. The van der Waals surface area contributed by atoms with E-state index in [4.69, 9.17) is 5.11 Å². The minimum Gasteiger partial charge on any atom is -0.480 e. The highest BCUT2D eigenvalue weighted by molar-refractivity contribution is 5.73. The standard InChI is InChI=1S/C14H27N3O2/c1-2-15-13(14(18)19)6-8-16-9-10-17-7-4-3-5-12(17)11-16/h12-13,15H,2-11H2,1H3,(H,18,19). The van der Waals surface area contributed by atoms with Crippen LogP contribution in [0.25, 0.3) is 0 Å². The van der Waals surface area contributed by atoms with Gasteiger partial charge in [0.1, 0.15) is 6.04 Å². The van der Waals surface area contributed by atoms with Crippen molar-refractivity contribution in [3.63, 3.8) is 0 Å². The quantitative estimate of drug-likeness (QED) is 0.740. The molecule has 0 aromatic carbocycles. The molecule has 2 rings (SSSR count). The number of carbonyl (C=O) groups is 1. The Morgan fingerprint density at radius 2 is 2.21 bits per heavy atom. The zero-order valence-electron chi connectivity index (χ0n) is 12.0. The Bertz CT molecular complexity index is 298. The number of hydrogen-bond acceptors (Lipinski definition) is 4. The maximum Gasteiger partial charge on any atom is 0.320 e. The van der Waals surface area contributed by atoms with Crippen molar-refractivity contribution in [2.24, 2.45) is 0 Å². The number of aliphatic carboxylic acids is 1. The fraction of sp³-hybridized carbons (Fsp3) is 0.929. The van der Waals surface area contributed by atoms with E-state index >= 15 is 0 Å². The smallest absolute Gasteiger partial charge is 0.320 e. The Hall–Kier alpha value is -0.650. The highest BCUT2D eigenvalue weighted by atomic mass is 16.4. The molecule has 0 amide bonds. The normalized spacial score (nSPS) is 26.9. The van der Waals surface area contributed by atoms with Gasteiger partial charge >= 0.3 is 5.97 Å². The van der Waals surface area contributed by atoms with Crippen LogP contribution in [-0.4, -0.2) is 72.2 Å². The second-order valence-electron chi connectivity index (χ2n) is 5.72. The van der Waals surface area contributed by atoms with Crippen molar-refractivity contribution in [3.8, 4) is 0 Å². The zero-order chi connectivity index (χ0) is 13.7. The van der Waals surface area contributed by atoms with Gasteiger partial charge in [0.05, 0.1) is 0 Å². The molecule has 2 aliphatic heterocycles. The van der Waals surface area contributed by atoms with Gasteiger partial charge in [0.15, 0.2) is 0 Å². The molecule has 2 saturated heterocycles. The summed E-state index contributed by atoms with van der Waals surface area (Å²) in [5, 5.41) is 12.2. The molecular weight excluding hydrogens is 242 g/mol. The summed E-state index contributed by atoms with van der Waals surface area (Å²) in [6.07, 6.45) is 4.71. The largest absolute Gasteiger partial charge is 0.480 e. The lowest BCUT2D eigenvalue weighted by Gasteiger charge is -2.44. The minimum atomic E-state index is -0.724. The van der Waals surface area contributed by atoms with Gasteiger partial charge in [-0.1, -0.05) is 13.3 Å². The Morgan fingerprint density at radius 3 is 2.95 bits per heavy atom. The first-order chi connectivity index (χ1) is 9.20. The van der Waals surface area contributed by atoms with Crippen LogP contribution in [0.3, 0.4) is 0 Å². The van der Waals surface area contributed by atoms with Crippen LogP contribution in [0.1, 0.15) is 32.6 Å². The molecule has 5 heteroatoms. The number of carboxylic acids is 1. The maximum atomic E-state index is 11.1. The fourth-order valence-corrected chi connectivity index (χ4v) is 3.29. The molecule has 2 aliphatic rings. The number of rotatable bonds is 6. The average molecular weight is 269 g/mol. The Balaban J connectivity index is 1.75. The highest BCUT2D eigenvalue weighted by Crippen LogP contribution is 2.21. The van der Waals surface area contributed by atoms with Crippen LogP contribution in [0, 0.1) is 0 Å². The van der Waals surface area contributed by atoms with Gasteiger partial charge in [-0.15, -0.1) is 0 Å². The first-order valence-corrected chi connectivity index (χ1v) is 7.63. The van der Waals surface area contributed by atoms with Gasteiger partial charge in [0.2, 0.25) is 0 Å². The monoisotopic (exact) mass is 269 g/mol. The third-order valence-corrected chi connectivity index (χ3v) is 4.40. The van der Waals surface area contributed by atoms with Gasteiger partial charge < -0.3 is 15.3 Å². The van der Waals surface area contributed by atoms with Crippen molar-refractivity contribution in [2.45, 2.75) is 44.7 Å². The van der Waals surface area contributed by atoms with E-state index in [-0.39, 0.29) is 0 Å². The van der Waals surface area contributed by atoms with Gasteiger partial charge in [0, 0.05) is 32.2 Å². The first kappa shape index (κ1) is 14.8. The van der Waals surface area contributed by atoms with Crippen LogP contribution < -0.4 is 5.32 Å². The number of fused-ring (bicyclic) bond motifs is 1. The average Bonchev–Trinajstić information content (AvgIpc) is 2.43. The fourth-order valence-electron chi connectivity index (χ4n) is 3.29. The van der Waals surface area contributed by atoms with Crippen molar-refractivity contribution >= 4 is 5.97 Å². The summed E-state index contributed by atoms with van der Waals surface area (Å²) in [5.74, 6) is -0.724. The molecule has 0 aliphatic carbocycles. The van der Waals surface area contributed by atoms with Gasteiger partial charge in [-0.05, 0) is 32.4 Å². The van der Waals surface area contributed by atoms with Crippen molar-refractivity contribution in [1.29, 1.82) is 0 Å². The third-order valence-electron chi connectivity index (χ3n) is 4.40. The van der Waals surface area contributed by atoms with E-state index in [1.807, 2.05) is 6.92 Å². The summed E-state index contributed by atoms with van der Waals surface area (Å²) in [5.41, 5.74) is 0. The summed E-state index contributed by atoms with van der Waals surface area (Å²) >= 11 is 0. The van der Waals surface area contributed by atoms with Gasteiger partial charge in [0.25, 0.3) is 0 Å². The second kappa shape index (κ2) is 7.22. The third kappa shape index (κ3) is 4.16. The number of hydrogen-bond donors (Lipinski definition) is 2. The lowest BCUT2D eigenvalue weighted by molar-refractivity contribution is -0.139. The molecule has 19 heavy (non-hydrogen) atoms. The van der Waals surface area contributed by atoms with E-state index in [2.05, 4.69) is 15.1 Å². The number of likely N-dealkylation sites (N-methyl/N-ethyl adjacent to an activating group) is 1.